The molecule has 0 aliphatic carbocycles. The van der Waals surface area contributed by atoms with Gasteiger partial charge >= 0.3 is 0 Å². The van der Waals surface area contributed by atoms with Crippen LogP contribution in [0.25, 0.3) is 10.9 Å². The molecule has 4 rings (SSSR count). The molecule has 4 heteroatoms. The van der Waals surface area contributed by atoms with Gasteiger partial charge in [-0.2, -0.15) is 0 Å². The lowest BCUT2D eigenvalue weighted by Gasteiger charge is -2.23. The number of amides is 1. The van der Waals surface area contributed by atoms with Crippen LogP contribution in [0, 0.1) is 0 Å². The zero-order valence-electron chi connectivity index (χ0n) is 11.5. The summed E-state index contributed by atoms with van der Waals surface area (Å²) >= 11 is 1.62. The second-order valence-electron chi connectivity index (χ2n) is 5.20. The van der Waals surface area contributed by atoms with Gasteiger partial charge in [-0.05, 0) is 18.2 Å². The minimum atomic E-state index is -0.203. The molecule has 0 radical (unpaired) electrons. The van der Waals surface area contributed by atoms with E-state index in [4.69, 9.17) is 0 Å². The van der Waals surface area contributed by atoms with Crippen molar-refractivity contribution in [1.29, 1.82) is 0 Å². The summed E-state index contributed by atoms with van der Waals surface area (Å²) in [5.41, 5.74) is 3.13. The van der Waals surface area contributed by atoms with Crippen molar-refractivity contribution in [2.75, 3.05) is 5.32 Å². The number of hydrogen-bond acceptors (Lipinski definition) is 2. The van der Waals surface area contributed by atoms with Crippen LogP contribution in [0.2, 0.25) is 0 Å². The predicted molar refractivity (Wildman–Crippen MR) is 86.6 cm³/mol. The molecule has 1 atom stereocenters. The van der Waals surface area contributed by atoms with Gasteiger partial charge < -0.3 is 9.88 Å². The molecule has 2 aromatic carbocycles. The topological polar surface area (TPSA) is 34.0 Å². The number of aryl methyl sites for hydroxylation is 1. The van der Waals surface area contributed by atoms with Crippen LogP contribution < -0.4 is 5.32 Å². The van der Waals surface area contributed by atoms with Crippen LogP contribution in [0.3, 0.4) is 0 Å². The highest BCUT2D eigenvalue weighted by atomic mass is 32.2. The van der Waals surface area contributed by atoms with Crippen LogP contribution in [-0.4, -0.2) is 10.5 Å². The minimum absolute atomic E-state index is 0.0510. The van der Waals surface area contributed by atoms with Gasteiger partial charge in [0, 0.05) is 34.6 Å². The summed E-state index contributed by atoms with van der Waals surface area (Å²) in [6, 6.07) is 16.1. The molecule has 21 heavy (non-hydrogen) atoms. The van der Waals surface area contributed by atoms with Crippen LogP contribution in [0.5, 0.6) is 0 Å². The van der Waals surface area contributed by atoms with Crippen molar-refractivity contribution < 1.29 is 4.79 Å². The highest BCUT2D eigenvalue weighted by Gasteiger charge is 2.30. The zero-order chi connectivity index (χ0) is 14.4. The number of para-hydroxylation sites is 2. The summed E-state index contributed by atoms with van der Waals surface area (Å²) < 4.78 is 2.08. The van der Waals surface area contributed by atoms with Gasteiger partial charge in [0.25, 0.3) is 0 Å². The Hall–Kier alpha value is -2.20. The van der Waals surface area contributed by atoms with Gasteiger partial charge in [0.05, 0.1) is 5.69 Å². The first-order chi connectivity index (χ1) is 10.2. The molecule has 3 nitrogen and oxygen atoms in total. The Balaban J connectivity index is 1.84. The smallest absolute Gasteiger partial charge is 0.242 e. The number of thioether (sulfide) groups is 1. The summed E-state index contributed by atoms with van der Waals surface area (Å²) in [4.78, 5) is 13.6. The summed E-state index contributed by atoms with van der Waals surface area (Å²) in [6.07, 6.45) is 2.07. The fraction of sp³-hybridized carbons (Fsp3) is 0.118. The maximum atomic E-state index is 12.5. The van der Waals surface area contributed by atoms with E-state index in [1.54, 1.807) is 11.8 Å². The fourth-order valence-electron chi connectivity index (χ4n) is 2.84. The van der Waals surface area contributed by atoms with Gasteiger partial charge in [-0.15, -0.1) is 11.8 Å². The Morgan fingerprint density at radius 1 is 1.10 bits per heavy atom. The van der Waals surface area contributed by atoms with E-state index in [2.05, 4.69) is 34.3 Å². The van der Waals surface area contributed by atoms with Crippen molar-refractivity contribution in [3.63, 3.8) is 0 Å². The number of nitrogens with one attached hydrogen (secondary N) is 1. The normalized spacial score (nSPS) is 17.6. The first-order valence-electron chi connectivity index (χ1n) is 6.84. The van der Waals surface area contributed by atoms with Crippen molar-refractivity contribution in [3.05, 3.63) is 60.3 Å². The summed E-state index contributed by atoms with van der Waals surface area (Å²) in [5.74, 6) is 0.0510. The Bertz CT molecular complexity index is 853. The zero-order valence-corrected chi connectivity index (χ0v) is 12.4. The second kappa shape index (κ2) is 4.67. The van der Waals surface area contributed by atoms with Gasteiger partial charge in [0.1, 0.15) is 5.25 Å². The average molecular weight is 294 g/mol. The molecular formula is C17H14N2OS. The summed E-state index contributed by atoms with van der Waals surface area (Å²) in [5, 5.41) is 3.96. The number of fused-ring (bicyclic) bond motifs is 2. The van der Waals surface area contributed by atoms with E-state index in [0.717, 1.165) is 27.0 Å². The first kappa shape index (κ1) is 12.5. The van der Waals surface area contributed by atoms with Crippen molar-refractivity contribution in [2.45, 2.75) is 10.1 Å². The number of rotatable bonds is 1. The second-order valence-corrected chi connectivity index (χ2v) is 6.34. The van der Waals surface area contributed by atoms with E-state index in [0.29, 0.717) is 0 Å². The maximum Gasteiger partial charge on any atom is 0.242 e. The molecule has 1 aliphatic heterocycles. The molecule has 1 aliphatic rings. The first-order valence-corrected chi connectivity index (χ1v) is 7.72. The lowest BCUT2D eigenvalue weighted by atomic mass is 10.1. The standard InChI is InChI=1S/C17H14N2OS/c1-19-10-12(11-6-2-4-8-14(11)19)16-17(20)18-13-7-3-5-9-15(13)21-16/h2-10,16H,1H3,(H,18,20)/t16-/m0/s1. The van der Waals surface area contributed by atoms with Gasteiger partial charge in [-0.1, -0.05) is 30.3 Å². The number of carbonyl (C=O) groups is 1. The Morgan fingerprint density at radius 3 is 2.76 bits per heavy atom. The molecule has 0 fully saturated rings. The Kier molecular flexibility index (Phi) is 2.79. The number of benzene rings is 2. The molecule has 1 N–H and O–H groups in total. The third-order valence-electron chi connectivity index (χ3n) is 3.84. The average Bonchev–Trinajstić information content (AvgIpc) is 2.84. The predicted octanol–water partition coefficient (Wildman–Crippen LogP) is 3.96. The van der Waals surface area contributed by atoms with E-state index in [1.165, 1.54) is 0 Å². The van der Waals surface area contributed by atoms with Crippen LogP contribution >= 0.6 is 11.8 Å². The SMILES string of the molecule is Cn1cc([C@@H]2Sc3ccccc3NC2=O)c2ccccc21. The Morgan fingerprint density at radius 2 is 1.86 bits per heavy atom. The van der Waals surface area contributed by atoms with Gasteiger partial charge in [0.15, 0.2) is 0 Å². The van der Waals surface area contributed by atoms with E-state index in [-0.39, 0.29) is 11.2 Å². The van der Waals surface area contributed by atoms with E-state index in [1.807, 2.05) is 37.4 Å². The van der Waals surface area contributed by atoms with Gasteiger partial charge in [-0.3, -0.25) is 4.79 Å². The fourth-order valence-corrected chi connectivity index (χ4v) is 3.98. The molecule has 104 valence electrons. The summed E-state index contributed by atoms with van der Waals surface area (Å²) in [6.45, 7) is 0. The van der Waals surface area contributed by atoms with E-state index >= 15 is 0 Å². The van der Waals surface area contributed by atoms with Crippen LogP contribution in [-0.2, 0) is 11.8 Å². The molecule has 0 saturated carbocycles. The quantitative estimate of drug-likeness (QED) is 0.737. The monoisotopic (exact) mass is 294 g/mol. The van der Waals surface area contributed by atoms with E-state index in [9.17, 15) is 4.79 Å². The number of carbonyl (C=O) groups excluding carboxylic acids is 1. The third kappa shape index (κ3) is 1.94. The number of aromatic nitrogens is 1. The largest absolute Gasteiger partial charge is 0.350 e. The number of anilines is 1. The minimum Gasteiger partial charge on any atom is -0.350 e. The Labute approximate surface area is 127 Å². The van der Waals surface area contributed by atoms with Crippen molar-refractivity contribution >= 4 is 34.3 Å². The van der Waals surface area contributed by atoms with Gasteiger partial charge in [0.2, 0.25) is 5.91 Å². The molecule has 3 aromatic rings. The number of hydrogen-bond donors (Lipinski definition) is 1. The molecule has 0 spiro atoms. The molecule has 0 bridgehead atoms. The van der Waals surface area contributed by atoms with E-state index < -0.39 is 0 Å². The molecular weight excluding hydrogens is 280 g/mol. The highest BCUT2D eigenvalue weighted by Crippen LogP contribution is 2.45. The molecule has 1 aromatic heterocycles. The third-order valence-corrected chi connectivity index (χ3v) is 5.15. The summed E-state index contributed by atoms with van der Waals surface area (Å²) in [7, 11) is 2.02. The molecule has 0 unspecified atom stereocenters. The van der Waals surface area contributed by atoms with Crippen molar-refractivity contribution in [2.24, 2.45) is 7.05 Å². The van der Waals surface area contributed by atoms with Crippen LogP contribution in [0.15, 0.2) is 59.6 Å². The lowest BCUT2D eigenvalue weighted by molar-refractivity contribution is -0.115. The maximum absolute atomic E-state index is 12.5. The van der Waals surface area contributed by atoms with Gasteiger partial charge in [-0.25, -0.2) is 0 Å². The molecule has 2 heterocycles. The molecule has 0 saturated heterocycles. The molecule has 1 amide bonds. The highest BCUT2D eigenvalue weighted by molar-refractivity contribution is 8.00. The van der Waals surface area contributed by atoms with Crippen LogP contribution in [0.4, 0.5) is 5.69 Å². The van der Waals surface area contributed by atoms with Crippen molar-refractivity contribution in [3.8, 4) is 0 Å². The lowest BCUT2D eigenvalue weighted by Crippen LogP contribution is -2.22. The van der Waals surface area contributed by atoms with Crippen molar-refractivity contribution in [1.82, 2.24) is 4.57 Å². The number of nitrogens with zero attached hydrogens (tertiary/aromatic N) is 1. The van der Waals surface area contributed by atoms with Crippen LogP contribution in [0.1, 0.15) is 10.8 Å².